The Kier molecular flexibility index (Phi) is 4.06. The number of carbonyl (C=O) groups excluding carboxylic acids is 1. The van der Waals surface area contributed by atoms with Crippen LogP contribution in [0.3, 0.4) is 0 Å². The van der Waals surface area contributed by atoms with Gasteiger partial charge in [-0.25, -0.2) is 0 Å². The van der Waals surface area contributed by atoms with Crippen LogP contribution in [-0.2, 0) is 0 Å². The lowest BCUT2D eigenvalue weighted by Gasteiger charge is -2.19. The fourth-order valence-electron chi connectivity index (χ4n) is 1.68. The van der Waals surface area contributed by atoms with Crippen LogP contribution < -0.4 is 5.32 Å². The minimum absolute atomic E-state index is 0.207. The van der Waals surface area contributed by atoms with Crippen molar-refractivity contribution in [3.05, 3.63) is 40.0 Å². The lowest BCUT2D eigenvalue weighted by atomic mass is 10.1. The highest BCUT2D eigenvalue weighted by atomic mass is 35.5. The van der Waals surface area contributed by atoms with E-state index in [-0.39, 0.29) is 11.4 Å². The molecule has 0 spiro atoms. The van der Waals surface area contributed by atoms with Gasteiger partial charge in [0.15, 0.2) is 0 Å². The second-order valence-electron chi connectivity index (χ2n) is 5.50. The predicted octanol–water partition coefficient (Wildman–Crippen LogP) is 3.91. The Morgan fingerprint density at radius 2 is 1.95 bits per heavy atom. The van der Waals surface area contributed by atoms with Gasteiger partial charge in [-0.3, -0.25) is 9.89 Å². The van der Waals surface area contributed by atoms with Gasteiger partial charge in [-0.15, -0.1) is 0 Å². The summed E-state index contributed by atoms with van der Waals surface area (Å²) in [5.41, 5.74) is 1.41. The molecule has 0 fully saturated rings. The molecule has 0 radical (unpaired) electrons. The number of hydrogen-bond donors (Lipinski definition) is 2. The van der Waals surface area contributed by atoms with Crippen LogP contribution in [0.1, 0.15) is 31.3 Å². The molecule has 2 aromatic rings. The summed E-state index contributed by atoms with van der Waals surface area (Å²) in [6.45, 7) is 5.74. The first-order valence-corrected chi connectivity index (χ1v) is 6.85. The topological polar surface area (TPSA) is 57.8 Å². The number of rotatable bonds is 2. The van der Waals surface area contributed by atoms with E-state index in [1.54, 1.807) is 24.3 Å². The zero-order chi connectivity index (χ0) is 14.9. The third-order valence-corrected chi connectivity index (χ3v) is 3.07. The minimum Gasteiger partial charge on any atom is -0.346 e. The highest BCUT2D eigenvalue weighted by Gasteiger charge is 2.18. The van der Waals surface area contributed by atoms with Crippen molar-refractivity contribution in [2.24, 2.45) is 0 Å². The summed E-state index contributed by atoms with van der Waals surface area (Å²) in [5, 5.41) is 10.7. The summed E-state index contributed by atoms with van der Waals surface area (Å²) in [5.74, 6) is -0.207. The van der Waals surface area contributed by atoms with Gasteiger partial charge in [0, 0.05) is 16.1 Å². The summed E-state index contributed by atoms with van der Waals surface area (Å²) in [6.07, 6.45) is 0. The van der Waals surface area contributed by atoms with Crippen molar-refractivity contribution in [1.29, 1.82) is 0 Å². The number of H-pyrrole nitrogens is 1. The first-order chi connectivity index (χ1) is 9.26. The first kappa shape index (κ1) is 14.9. The number of benzene rings is 1. The van der Waals surface area contributed by atoms with Gasteiger partial charge in [-0.1, -0.05) is 23.2 Å². The zero-order valence-corrected chi connectivity index (χ0v) is 12.9. The molecule has 0 aliphatic carbocycles. The van der Waals surface area contributed by atoms with Crippen molar-refractivity contribution in [2.75, 3.05) is 0 Å². The molecule has 2 N–H and O–H groups in total. The van der Waals surface area contributed by atoms with Crippen LogP contribution in [0.2, 0.25) is 10.0 Å². The minimum atomic E-state index is -0.305. The lowest BCUT2D eigenvalue weighted by Crippen LogP contribution is -2.40. The Morgan fingerprint density at radius 3 is 2.55 bits per heavy atom. The Hall–Kier alpha value is -1.52. The molecule has 0 atom stereocenters. The van der Waals surface area contributed by atoms with Crippen molar-refractivity contribution in [1.82, 2.24) is 15.5 Å². The lowest BCUT2D eigenvalue weighted by molar-refractivity contribution is 0.0914. The summed E-state index contributed by atoms with van der Waals surface area (Å²) < 4.78 is 0. The second kappa shape index (κ2) is 5.46. The number of halogens is 2. The molecule has 106 valence electrons. The van der Waals surface area contributed by atoms with E-state index in [9.17, 15) is 4.79 Å². The normalized spacial score (nSPS) is 11.4. The van der Waals surface area contributed by atoms with E-state index in [0.717, 1.165) is 5.56 Å². The first-order valence-electron chi connectivity index (χ1n) is 6.09. The summed E-state index contributed by atoms with van der Waals surface area (Å²) in [7, 11) is 0. The van der Waals surface area contributed by atoms with E-state index in [4.69, 9.17) is 23.2 Å². The van der Waals surface area contributed by atoms with E-state index in [2.05, 4.69) is 15.5 Å². The maximum atomic E-state index is 12.0. The van der Waals surface area contributed by atoms with E-state index < -0.39 is 0 Å². The Balaban J connectivity index is 2.27. The van der Waals surface area contributed by atoms with Crippen LogP contribution in [0.5, 0.6) is 0 Å². The van der Waals surface area contributed by atoms with Crippen molar-refractivity contribution >= 4 is 29.1 Å². The number of aromatic amines is 1. The number of carbonyl (C=O) groups is 1. The average molecular weight is 312 g/mol. The van der Waals surface area contributed by atoms with E-state index >= 15 is 0 Å². The monoisotopic (exact) mass is 311 g/mol. The van der Waals surface area contributed by atoms with Crippen molar-refractivity contribution in [3.63, 3.8) is 0 Å². The highest BCUT2D eigenvalue weighted by molar-refractivity contribution is 6.36. The third-order valence-electron chi connectivity index (χ3n) is 2.52. The molecular weight excluding hydrogens is 297 g/mol. The molecule has 1 amide bonds. The molecule has 0 saturated heterocycles. The van der Waals surface area contributed by atoms with Crippen molar-refractivity contribution < 1.29 is 4.79 Å². The maximum absolute atomic E-state index is 12.0. The van der Waals surface area contributed by atoms with E-state index in [0.29, 0.717) is 21.4 Å². The van der Waals surface area contributed by atoms with Crippen LogP contribution in [-0.4, -0.2) is 21.6 Å². The fraction of sp³-hybridized carbons (Fsp3) is 0.286. The van der Waals surface area contributed by atoms with Crippen LogP contribution in [0, 0.1) is 0 Å². The maximum Gasteiger partial charge on any atom is 0.269 e. The second-order valence-corrected chi connectivity index (χ2v) is 6.34. The molecule has 2 rings (SSSR count). The van der Waals surface area contributed by atoms with Gasteiger partial charge >= 0.3 is 0 Å². The molecule has 20 heavy (non-hydrogen) atoms. The number of nitrogens with one attached hydrogen (secondary N) is 2. The standard InChI is InChI=1S/C14H15Cl2N3O/c1-14(2,3)17-13(20)12-7-11(18-19-12)9-5-4-8(15)6-10(9)16/h4-7H,1-3H3,(H,17,20)(H,18,19). The van der Waals surface area contributed by atoms with Gasteiger partial charge in [0.1, 0.15) is 5.69 Å². The van der Waals surface area contributed by atoms with Crippen LogP contribution in [0.4, 0.5) is 0 Å². The smallest absolute Gasteiger partial charge is 0.269 e. The van der Waals surface area contributed by atoms with Gasteiger partial charge in [0.2, 0.25) is 0 Å². The van der Waals surface area contributed by atoms with Crippen LogP contribution in [0.15, 0.2) is 24.3 Å². The SMILES string of the molecule is CC(C)(C)NC(=O)c1cc(-c2ccc(Cl)cc2Cl)n[nH]1. The molecule has 1 heterocycles. The quantitative estimate of drug-likeness (QED) is 0.883. The van der Waals surface area contributed by atoms with Gasteiger partial charge in [-0.05, 0) is 45.0 Å². The van der Waals surface area contributed by atoms with Gasteiger partial charge in [-0.2, -0.15) is 5.10 Å². The molecule has 1 aromatic heterocycles. The zero-order valence-electron chi connectivity index (χ0n) is 11.4. The summed E-state index contributed by atoms with van der Waals surface area (Å²) in [6, 6.07) is 6.80. The van der Waals surface area contributed by atoms with Crippen LogP contribution in [0.25, 0.3) is 11.3 Å². The molecule has 1 aromatic carbocycles. The fourth-order valence-corrected chi connectivity index (χ4v) is 2.19. The molecule has 0 bridgehead atoms. The number of aromatic nitrogens is 2. The molecule has 0 saturated carbocycles. The average Bonchev–Trinajstić information content (AvgIpc) is 2.75. The molecular formula is C14H15Cl2N3O. The predicted molar refractivity (Wildman–Crippen MR) is 81.3 cm³/mol. The number of nitrogens with zero attached hydrogens (tertiary/aromatic N) is 1. The highest BCUT2D eigenvalue weighted by Crippen LogP contribution is 2.29. The van der Waals surface area contributed by atoms with Crippen molar-refractivity contribution in [3.8, 4) is 11.3 Å². The molecule has 0 unspecified atom stereocenters. The van der Waals surface area contributed by atoms with Gasteiger partial charge in [0.25, 0.3) is 5.91 Å². The Morgan fingerprint density at radius 1 is 1.25 bits per heavy atom. The summed E-state index contributed by atoms with van der Waals surface area (Å²) in [4.78, 5) is 12.0. The largest absolute Gasteiger partial charge is 0.346 e. The van der Waals surface area contributed by atoms with Gasteiger partial charge < -0.3 is 5.32 Å². The van der Waals surface area contributed by atoms with E-state index in [1.165, 1.54) is 0 Å². The Labute approximate surface area is 127 Å². The summed E-state index contributed by atoms with van der Waals surface area (Å²) >= 11 is 12.0. The molecule has 0 aliphatic heterocycles. The third kappa shape index (κ3) is 3.52. The van der Waals surface area contributed by atoms with E-state index in [1.807, 2.05) is 20.8 Å². The van der Waals surface area contributed by atoms with Crippen LogP contribution >= 0.6 is 23.2 Å². The molecule has 6 heteroatoms. The molecule has 4 nitrogen and oxygen atoms in total. The Bertz CT molecular complexity index is 644. The van der Waals surface area contributed by atoms with Crippen molar-refractivity contribution in [2.45, 2.75) is 26.3 Å². The number of hydrogen-bond acceptors (Lipinski definition) is 2. The van der Waals surface area contributed by atoms with Gasteiger partial charge in [0.05, 0.1) is 10.7 Å². The molecule has 0 aliphatic rings. The number of amides is 1.